The van der Waals surface area contributed by atoms with Crippen molar-refractivity contribution in [3.8, 4) is 5.75 Å². The maximum atomic E-state index is 12.5. The van der Waals surface area contributed by atoms with Gasteiger partial charge in [0.25, 0.3) is 0 Å². The summed E-state index contributed by atoms with van der Waals surface area (Å²) in [5.74, 6) is -1.19. The van der Waals surface area contributed by atoms with Crippen molar-refractivity contribution in [3.05, 3.63) is 42.0 Å². The highest BCUT2D eigenvalue weighted by Crippen LogP contribution is 2.48. The second kappa shape index (κ2) is 6.44. The number of hydrogen-bond donors (Lipinski definition) is 2. The van der Waals surface area contributed by atoms with E-state index in [1.165, 1.54) is 0 Å². The molecule has 0 spiro atoms. The molecule has 1 aromatic carbocycles. The van der Waals surface area contributed by atoms with Gasteiger partial charge in [0.1, 0.15) is 5.75 Å². The lowest BCUT2D eigenvalue weighted by Crippen LogP contribution is -2.40. The molecular formula is C18H21NO4. The number of hydrogen-bond acceptors (Lipinski definition) is 3. The highest BCUT2D eigenvalue weighted by Gasteiger charge is 2.51. The van der Waals surface area contributed by atoms with Crippen molar-refractivity contribution in [2.75, 3.05) is 13.7 Å². The molecule has 1 saturated carbocycles. The molecule has 0 radical (unpaired) electrons. The Morgan fingerprint density at radius 3 is 2.61 bits per heavy atom. The molecule has 2 aliphatic rings. The standard InChI is InChI=1S/C18H21NO4/c1-23-14-5-3-2-4-11(14)8-9-19-17(20)15-12-6-7-13(10-12)16(15)18(21)22/h2-7,12-13,15-16H,8-10H2,1H3,(H,19,20)(H,21,22)/t12-,13-,15+,16-/m0/s1. The number of carboxylic acid groups (broad SMARTS) is 1. The van der Waals surface area contributed by atoms with Crippen LogP contribution in [0.1, 0.15) is 12.0 Å². The molecule has 23 heavy (non-hydrogen) atoms. The summed E-state index contributed by atoms with van der Waals surface area (Å²) in [4.78, 5) is 23.9. The van der Waals surface area contributed by atoms with Gasteiger partial charge in [-0.1, -0.05) is 30.4 Å². The van der Waals surface area contributed by atoms with Gasteiger partial charge in [0, 0.05) is 6.54 Å². The summed E-state index contributed by atoms with van der Waals surface area (Å²) in [5.41, 5.74) is 1.03. The number of amides is 1. The molecule has 3 rings (SSSR count). The second-order valence-corrected chi connectivity index (χ2v) is 6.19. The van der Waals surface area contributed by atoms with E-state index in [0.29, 0.717) is 13.0 Å². The van der Waals surface area contributed by atoms with Crippen molar-refractivity contribution in [1.29, 1.82) is 0 Å². The molecule has 2 N–H and O–H groups in total. The van der Waals surface area contributed by atoms with Crippen LogP contribution in [0.3, 0.4) is 0 Å². The summed E-state index contributed by atoms with van der Waals surface area (Å²) in [5, 5.41) is 12.3. The first-order valence-electron chi connectivity index (χ1n) is 7.92. The van der Waals surface area contributed by atoms with E-state index < -0.39 is 17.8 Å². The Hall–Kier alpha value is -2.30. The summed E-state index contributed by atoms with van der Waals surface area (Å²) in [6.45, 7) is 0.475. The molecule has 2 bridgehead atoms. The highest BCUT2D eigenvalue weighted by molar-refractivity contribution is 5.86. The summed E-state index contributed by atoms with van der Waals surface area (Å²) in [7, 11) is 1.62. The third-order valence-electron chi connectivity index (χ3n) is 4.93. The first-order valence-corrected chi connectivity index (χ1v) is 7.92. The van der Waals surface area contributed by atoms with E-state index in [-0.39, 0.29) is 17.7 Å². The van der Waals surface area contributed by atoms with Gasteiger partial charge in [0.15, 0.2) is 0 Å². The lowest BCUT2D eigenvalue weighted by molar-refractivity contribution is -0.147. The monoisotopic (exact) mass is 315 g/mol. The molecule has 1 fully saturated rings. The van der Waals surface area contributed by atoms with E-state index in [1.54, 1.807) is 7.11 Å². The van der Waals surface area contributed by atoms with Gasteiger partial charge in [-0.15, -0.1) is 0 Å². The minimum absolute atomic E-state index is 0.00228. The number of aliphatic carboxylic acids is 1. The predicted molar refractivity (Wildman–Crippen MR) is 85.1 cm³/mol. The number of ether oxygens (including phenoxy) is 1. The third-order valence-corrected chi connectivity index (χ3v) is 4.93. The van der Waals surface area contributed by atoms with E-state index in [2.05, 4.69) is 5.32 Å². The van der Waals surface area contributed by atoms with Gasteiger partial charge >= 0.3 is 5.97 Å². The zero-order valence-corrected chi connectivity index (χ0v) is 13.1. The number of nitrogens with one attached hydrogen (secondary N) is 1. The lowest BCUT2D eigenvalue weighted by Gasteiger charge is -2.23. The Morgan fingerprint density at radius 1 is 1.22 bits per heavy atom. The Bertz CT molecular complexity index is 640. The summed E-state index contributed by atoms with van der Waals surface area (Å²) < 4.78 is 5.29. The van der Waals surface area contributed by atoms with Gasteiger partial charge in [0.05, 0.1) is 18.9 Å². The van der Waals surface area contributed by atoms with Crippen LogP contribution in [0.4, 0.5) is 0 Å². The maximum Gasteiger partial charge on any atom is 0.307 e. The molecule has 0 saturated heterocycles. The van der Waals surface area contributed by atoms with Crippen molar-refractivity contribution in [1.82, 2.24) is 5.32 Å². The molecule has 0 unspecified atom stereocenters. The van der Waals surface area contributed by atoms with Gasteiger partial charge in [-0.25, -0.2) is 0 Å². The largest absolute Gasteiger partial charge is 0.496 e. The molecule has 122 valence electrons. The number of carboxylic acids is 1. The topological polar surface area (TPSA) is 75.6 Å². The van der Waals surface area contributed by atoms with Crippen molar-refractivity contribution in [2.24, 2.45) is 23.7 Å². The normalized spacial score (nSPS) is 27.9. The Morgan fingerprint density at radius 2 is 1.91 bits per heavy atom. The molecule has 0 aromatic heterocycles. The molecule has 0 heterocycles. The molecule has 1 amide bonds. The third kappa shape index (κ3) is 2.96. The highest BCUT2D eigenvalue weighted by atomic mass is 16.5. The van der Waals surface area contributed by atoms with Gasteiger partial charge in [-0.3, -0.25) is 9.59 Å². The van der Waals surface area contributed by atoms with Crippen LogP contribution in [0.5, 0.6) is 5.75 Å². The van der Waals surface area contributed by atoms with Crippen LogP contribution in [-0.4, -0.2) is 30.6 Å². The van der Waals surface area contributed by atoms with Gasteiger partial charge in [0.2, 0.25) is 5.91 Å². The second-order valence-electron chi connectivity index (χ2n) is 6.19. The van der Waals surface area contributed by atoms with Gasteiger partial charge < -0.3 is 15.2 Å². The van der Waals surface area contributed by atoms with E-state index in [0.717, 1.165) is 17.7 Å². The lowest BCUT2D eigenvalue weighted by atomic mass is 9.82. The van der Waals surface area contributed by atoms with Gasteiger partial charge in [-0.2, -0.15) is 0 Å². The maximum absolute atomic E-state index is 12.5. The number of methoxy groups -OCH3 is 1. The van der Waals surface area contributed by atoms with Crippen molar-refractivity contribution in [3.63, 3.8) is 0 Å². The first-order chi connectivity index (χ1) is 11.1. The fourth-order valence-electron chi connectivity index (χ4n) is 3.86. The van der Waals surface area contributed by atoms with Crippen LogP contribution in [0, 0.1) is 23.7 Å². The Labute approximate surface area is 135 Å². The average Bonchev–Trinajstić information content (AvgIpc) is 3.16. The quantitative estimate of drug-likeness (QED) is 0.786. The smallest absolute Gasteiger partial charge is 0.307 e. The van der Waals surface area contributed by atoms with Crippen molar-refractivity contribution in [2.45, 2.75) is 12.8 Å². The van der Waals surface area contributed by atoms with Crippen molar-refractivity contribution < 1.29 is 19.4 Å². The fourth-order valence-corrected chi connectivity index (χ4v) is 3.86. The number of rotatable bonds is 6. The van der Waals surface area contributed by atoms with Crippen molar-refractivity contribution >= 4 is 11.9 Å². The number of benzene rings is 1. The molecule has 5 heteroatoms. The zero-order chi connectivity index (χ0) is 16.4. The average molecular weight is 315 g/mol. The summed E-state index contributed by atoms with van der Waals surface area (Å²) in [6, 6.07) is 7.68. The molecule has 2 aliphatic carbocycles. The minimum atomic E-state index is -0.869. The molecule has 1 aromatic rings. The molecule has 5 nitrogen and oxygen atoms in total. The first kappa shape index (κ1) is 15.6. The number of allylic oxidation sites excluding steroid dienone is 2. The van der Waals surface area contributed by atoms with E-state index in [1.807, 2.05) is 36.4 Å². The number of carbonyl (C=O) groups is 2. The molecule has 0 aliphatic heterocycles. The van der Waals surface area contributed by atoms with Crippen LogP contribution in [0.15, 0.2) is 36.4 Å². The molecule has 4 atom stereocenters. The van der Waals surface area contributed by atoms with Crippen LogP contribution >= 0.6 is 0 Å². The Balaban J connectivity index is 1.59. The van der Waals surface area contributed by atoms with E-state index in [9.17, 15) is 14.7 Å². The van der Waals surface area contributed by atoms with E-state index >= 15 is 0 Å². The fraction of sp³-hybridized carbons (Fsp3) is 0.444. The van der Waals surface area contributed by atoms with Gasteiger partial charge in [-0.05, 0) is 36.3 Å². The number of para-hydroxylation sites is 1. The van der Waals surface area contributed by atoms with E-state index in [4.69, 9.17) is 4.74 Å². The van der Waals surface area contributed by atoms with Crippen LogP contribution < -0.4 is 10.1 Å². The Kier molecular flexibility index (Phi) is 4.37. The van der Waals surface area contributed by atoms with Crippen LogP contribution in [-0.2, 0) is 16.0 Å². The SMILES string of the molecule is COc1ccccc1CCNC(=O)[C@H]1[C@@H](C(=O)O)[C@H]2C=C[C@H]1C2. The van der Waals surface area contributed by atoms with Crippen LogP contribution in [0.25, 0.3) is 0 Å². The molecular weight excluding hydrogens is 294 g/mol. The minimum Gasteiger partial charge on any atom is -0.496 e. The summed E-state index contributed by atoms with van der Waals surface area (Å²) in [6.07, 6.45) is 5.38. The zero-order valence-electron chi connectivity index (χ0n) is 13.1. The van der Waals surface area contributed by atoms with Crippen LogP contribution in [0.2, 0.25) is 0 Å². The summed E-state index contributed by atoms with van der Waals surface area (Å²) >= 11 is 0. The number of fused-ring (bicyclic) bond motifs is 2. The predicted octanol–water partition coefficient (Wildman–Crippen LogP) is 1.88. The number of carbonyl (C=O) groups excluding carboxylic acids is 1.